The SMILES string of the molecule is C[C@H](C(N)=O)[C@H](O)c1ccc(OCc2ccccc2)c(OCc2ccccc2)c1. The number of hydrogen-bond acceptors (Lipinski definition) is 4. The monoisotopic (exact) mass is 391 g/mol. The molecule has 0 aliphatic carbocycles. The highest BCUT2D eigenvalue weighted by atomic mass is 16.5. The molecule has 2 atom stereocenters. The van der Waals surface area contributed by atoms with E-state index < -0.39 is 17.9 Å². The zero-order chi connectivity index (χ0) is 20.6. The minimum absolute atomic E-state index is 0.355. The summed E-state index contributed by atoms with van der Waals surface area (Å²) in [5.74, 6) is -0.216. The van der Waals surface area contributed by atoms with Crippen LogP contribution in [-0.2, 0) is 18.0 Å². The highest BCUT2D eigenvalue weighted by molar-refractivity contribution is 5.77. The smallest absolute Gasteiger partial charge is 0.223 e. The summed E-state index contributed by atoms with van der Waals surface area (Å²) < 4.78 is 11.9. The molecule has 3 aromatic rings. The lowest BCUT2D eigenvalue weighted by Crippen LogP contribution is -2.26. The van der Waals surface area contributed by atoms with Crippen LogP contribution in [0.5, 0.6) is 11.5 Å². The van der Waals surface area contributed by atoms with Gasteiger partial charge in [0.15, 0.2) is 11.5 Å². The number of benzene rings is 3. The van der Waals surface area contributed by atoms with Crippen LogP contribution in [0.25, 0.3) is 0 Å². The first-order valence-electron chi connectivity index (χ1n) is 9.49. The number of aliphatic hydroxyl groups is 1. The predicted molar refractivity (Wildman–Crippen MR) is 111 cm³/mol. The molecule has 0 radical (unpaired) electrons. The van der Waals surface area contributed by atoms with Crippen LogP contribution in [0.1, 0.15) is 29.7 Å². The number of rotatable bonds is 9. The zero-order valence-corrected chi connectivity index (χ0v) is 16.3. The molecule has 5 heteroatoms. The fourth-order valence-corrected chi connectivity index (χ4v) is 2.86. The number of carbonyl (C=O) groups excluding carboxylic acids is 1. The lowest BCUT2D eigenvalue weighted by Gasteiger charge is -2.19. The van der Waals surface area contributed by atoms with Crippen molar-refractivity contribution in [1.29, 1.82) is 0 Å². The van der Waals surface area contributed by atoms with Crippen molar-refractivity contribution in [2.45, 2.75) is 26.2 Å². The molecule has 0 unspecified atom stereocenters. The molecule has 0 aliphatic heterocycles. The largest absolute Gasteiger partial charge is 0.485 e. The topological polar surface area (TPSA) is 81.8 Å². The summed E-state index contributed by atoms with van der Waals surface area (Å²) >= 11 is 0. The standard InChI is InChI=1S/C24H25NO4/c1-17(24(25)27)23(26)20-12-13-21(28-15-18-8-4-2-5-9-18)22(14-20)29-16-19-10-6-3-7-11-19/h2-14,17,23,26H,15-16H2,1H3,(H2,25,27)/t17-,23-/m0/s1. The fraction of sp³-hybridized carbons (Fsp3) is 0.208. The van der Waals surface area contributed by atoms with Gasteiger partial charge in [0.25, 0.3) is 0 Å². The third-order valence-corrected chi connectivity index (χ3v) is 4.71. The molecule has 1 amide bonds. The second-order valence-electron chi connectivity index (χ2n) is 6.89. The average molecular weight is 391 g/mol. The molecule has 0 saturated heterocycles. The van der Waals surface area contributed by atoms with Crippen LogP contribution in [0.2, 0.25) is 0 Å². The third-order valence-electron chi connectivity index (χ3n) is 4.71. The second-order valence-corrected chi connectivity index (χ2v) is 6.89. The van der Waals surface area contributed by atoms with Crippen molar-refractivity contribution in [3.8, 4) is 11.5 Å². The number of carbonyl (C=O) groups is 1. The van der Waals surface area contributed by atoms with Crippen LogP contribution in [-0.4, -0.2) is 11.0 Å². The molecule has 0 aromatic heterocycles. The van der Waals surface area contributed by atoms with Crippen molar-refractivity contribution in [2.24, 2.45) is 11.7 Å². The van der Waals surface area contributed by atoms with Gasteiger partial charge >= 0.3 is 0 Å². The Morgan fingerprint density at radius 3 is 1.90 bits per heavy atom. The molecule has 0 heterocycles. The highest BCUT2D eigenvalue weighted by Gasteiger charge is 2.22. The number of aliphatic hydroxyl groups excluding tert-OH is 1. The highest BCUT2D eigenvalue weighted by Crippen LogP contribution is 2.34. The van der Waals surface area contributed by atoms with Crippen LogP contribution < -0.4 is 15.2 Å². The number of primary amides is 1. The minimum Gasteiger partial charge on any atom is -0.485 e. The maximum atomic E-state index is 11.4. The fourth-order valence-electron chi connectivity index (χ4n) is 2.86. The van der Waals surface area contributed by atoms with Crippen LogP contribution in [0.3, 0.4) is 0 Å². The number of hydrogen-bond donors (Lipinski definition) is 2. The lowest BCUT2D eigenvalue weighted by atomic mass is 9.96. The molecule has 0 aliphatic rings. The molecule has 0 saturated carbocycles. The molecule has 3 N–H and O–H groups in total. The molecular formula is C24H25NO4. The van der Waals surface area contributed by atoms with E-state index in [1.165, 1.54) is 0 Å². The molecule has 0 bridgehead atoms. The Morgan fingerprint density at radius 1 is 0.862 bits per heavy atom. The number of amides is 1. The van der Waals surface area contributed by atoms with Crippen molar-refractivity contribution >= 4 is 5.91 Å². The van der Waals surface area contributed by atoms with Crippen LogP contribution in [0.15, 0.2) is 78.9 Å². The maximum absolute atomic E-state index is 11.4. The second kappa shape index (κ2) is 9.75. The Kier molecular flexibility index (Phi) is 6.87. The Bertz CT molecular complexity index is 928. The van der Waals surface area contributed by atoms with Gasteiger partial charge in [0.2, 0.25) is 5.91 Å². The molecular weight excluding hydrogens is 366 g/mol. The van der Waals surface area contributed by atoms with Gasteiger partial charge in [-0.05, 0) is 28.8 Å². The Balaban J connectivity index is 1.82. The summed E-state index contributed by atoms with van der Waals surface area (Å²) in [5.41, 5.74) is 7.93. The van der Waals surface area contributed by atoms with Crippen molar-refractivity contribution in [3.63, 3.8) is 0 Å². The summed E-state index contributed by atoms with van der Waals surface area (Å²) in [7, 11) is 0. The first-order valence-corrected chi connectivity index (χ1v) is 9.49. The Labute approximate surface area is 170 Å². The lowest BCUT2D eigenvalue weighted by molar-refractivity contribution is -0.124. The molecule has 0 spiro atoms. The third kappa shape index (κ3) is 5.59. The normalized spacial score (nSPS) is 12.8. The molecule has 150 valence electrons. The molecule has 3 aromatic carbocycles. The molecule has 29 heavy (non-hydrogen) atoms. The van der Waals surface area contributed by atoms with Gasteiger partial charge in [0.1, 0.15) is 13.2 Å². The number of nitrogens with two attached hydrogens (primary N) is 1. The Hall–Kier alpha value is -3.31. The summed E-state index contributed by atoms with van der Waals surface area (Å²) in [6.07, 6.45) is -1.02. The first-order chi connectivity index (χ1) is 14.0. The van der Waals surface area contributed by atoms with E-state index in [0.29, 0.717) is 30.3 Å². The quantitative estimate of drug-likeness (QED) is 0.578. The van der Waals surface area contributed by atoms with Gasteiger partial charge in [-0.2, -0.15) is 0 Å². The van der Waals surface area contributed by atoms with E-state index in [2.05, 4.69) is 0 Å². The Morgan fingerprint density at radius 2 is 1.38 bits per heavy atom. The van der Waals surface area contributed by atoms with E-state index in [4.69, 9.17) is 15.2 Å². The van der Waals surface area contributed by atoms with E-state index in [1.807, 2.05) is 60.7 Å². The summed E-state index contributed by atoms with van der Waals surface area (Å²) in [6.45, 7) is 2.34. The van der Waals surface area contributed by atoms with Crippen LogP contribution in [0, 0.1) is 5.92 Å². The predicted octanol–water partition coefficient (Wildman–Crippen LogP) is 4.00. The first kappa shape index (κ1) is 20.4. The summed E-state index contributed by atoms with van der Waals surface area (Å²) in [4.78, 5) is 11.4. The van der Waals surface area contributed by atoms with Gasteiger partial charge in [0.05, 0.1) is 12.0 Å². The maximum Gasteiger partial charge on any atom is 0.223 e. The van der Waals surface area contributed by atoms with Crippen LogP contribution in [0.4, 0.5) is 0 Å². The van der Waals surface area contributed by atoms with E-state index in [1.54, 1.807) is 25.1 Å². The van der Waals surface area contributed by atoms with Gasteiger partial charge in [-0.25, -0.2) is 0 Å². The van der Waals surface area contributed by atoms with E-state index >= 15 is 0 Å². The summed E-state index contributed by atoms with van der Waals surface area (Å²) in [6, 6.07) is 24.8. The van der Waals surface area contributed by atoms with Gasteiger partial charge in [-0.1, -0.05) is 73.7 Å². The zero-order valence-electron chi connectivity index (χ0n) is 16.3. The van der Waals surface area contributed by atoms with Gasteiger partial charge in [-0.15, -0.1) is 0 Å². The van der Waals surface area contributed by atoms with Crippen molar-refractivity contribution in [3.05, 3.63) is 95.6 Å². The summed E-state index contributed by atoms with van der Waals surface area (Å²) in [5, 5.41) is 10.5. The molecule has 5 nitrogen and oxygen atoms in total. The number of ether oxygens (including phenoxy) is 2. The average Bonchev–Trinajstić information content (AvgIpc) is 2.76. The van der Waals surface area contributed by atoms with Crippen molar-refractivity contribution in [2.75, 3.05) is 0 Å². The molecule has 3 rings (SSSR count). The van der Waals surface area contributed by atoms with Crippen molar-refractivity contribution < 1.29 is 19.4 Å². The van der Waals surface area contributed by atoms with E-state index in [9.17, 15) is 9.90 Å². The minimum atomic E-state index is -1.02. The van der Waals surface area contributed by atoms with E-state index in [-0.39, 0.29) is 0 Å². The van der Waals surface area contributed by atoms with Gasteiger partial charge in [0, 0.05) is 0 Å². The van der Waals surface area contributed by atoms with Crippen LogP contribution >= 0.6 is 0 Å². The van der Waals surface area contributed by atoms with Gasteiger partial charge in [-0.3, -0.25) is 4.79 Å². The van der Waals surface area contributed by atoms with E-state index in [0.717, 1.165) is 11.1 Å². The van der Waals surface area contributed by atoms with Crippen molar-refractivity contribution in [1.82, 2.24) is 0 Å². The van der Waals surface area contributed by atoms with Gasteiger partial charge < -0.3 is 20.3 Å². The molecule has 0 fully saturated rings.